The van der Waals surface area contributed by atoms with E-state index >= 15 is 0 Å². The average molecular weight is 222 g/mol. The third kappa shape index (κ3) is 2.49. The molecule has 5 nitrogen and oxygen atoms in total. The van der Waals surface area contributed by atoms with Gasteiger partial charge in [0.2, 0.25) is 11.8 Å². The van der Waals surface area contributed by atoms with E-state index in [4.69, 9.17) is 4.42 Å². The molecule has 5 heteroatoms. The molecule has 16 heavy (non-hydrogen) atoms. The van der Waals surface area contributed by atoms with Crippen LogP contribution in [0.25, 0.3) is 0 Å². The molecule has 1 N–H and O–H groups in total. The molecule has 1 atom stereocenters. The molecule has 1 unspecified atom stereocenters. The second kappa shape index (κ2) is 4.49. The summed E-state index contributed by atoms with van der Waals surface area (Å²) in [6.07, 6.45) is 2.32. The van der Waals surface area contributed by atoms with Gasteiger partial charge in [-0.1, -0.05) is 0 Å². The molecular formula is C11H14N2O3. The Hall–Kier alpha value is -1.62. The van der Waals surface area contributed by atoms with Gasteiger partial charge in [0.1, 0.15) is 5.76 Å². The quantitative estimate of drug-likeness (QED) is 0.740. The van der Waals surface area contributed by atoms with Crippen LogP contribution in [0.15, 0.2) is 22.8 Å². The van der Waals surface area contributed by atoms with E-state index in [2.05, 4.69) is 5.32 Å². The van der Waals surface area contributed by atoms with Crippen LogP contribution >= 0.6 is 0 Å². The summed E-state index contributed by atoms with van der Waals surface area (Å²) in [7, 11) is 0. The van der Waals surface area contributed by atoms with E-state index in [1.807, 2.05) is 24.0 Å². The maximum absolute atomic E-state index is 11.2. The predicted octanol–water partition coefficient (Wildman–Crippen LogP) is 0.169. The van der Waals surface area contributed by atoms with E-state index in [0.29, 0.717) is 6.42 Å². The first kappa shape index (κ1) is 10.9. The Labute approximate surface area is 93.4 Å². The third-order valence-electron chi connectivity index (χ3n) is 2.67. The van der Waals surface area contributed by atoms with Gasteiger partial charge in [-0.3, -0.25) is 19.8 Å². The number of hydrogen-bond acceptors (Lipinski definition) is 4. The Morgan fingerprint density at radius 2 is 2.12 bits per heavy atom. The van der Waals surface area contributed by atoms with Crippen LogP contribution in [-0.4, -0.2) is 35.8 Å². The Balaban J connectivity index is 1.96. The summed E-state index contributed by atoms with van der Waals surface area (Å²) in [5.74, 6) is 0.399. The molecule has 0 saturated carbocycles. The van der Waals surface area contributed by atoms with Gasteiger partial charge >= 0.3 is 0 Å². The van der Waals surface area contributed by atoms with Gasteiger partial charge in [-0.05, 0) is 19.1 Å². The number of piperazine rings is 1. The van der Waals surface area contributed by atoms with Crippen molar-refractivity contribution in [2.24, 2.45) is 0 Å². The van der Waals surface area contributed by atoms with Crippen molar-refractivity contribution in [2.75, 3.05) is 13.1 Å². The zero-order valence-corrected chi connectivity index (χ0v) is 9.10. The van der Waals surface area contributed by atoms with Gasteiger partial charge in [-0.15, -0.1) is 0 Å². The van der Waals surface area contributed by atoms with Crippen LogP contribution in [-0.2, 0) is 16.0 Å². The van der Waals surface area contributed by atoms with Crippen LogP contribution in [0.5, 0.6) is 0 Å². The molecule has 1 aliphatic rings. The lowest BCUT2D eigenvalue weighted by atomic mass is 10.1. The van der Waals surface area contributed by atoms with Gasteiger partial charge in [-0.25, -0.2) is 0 Å². The van der Waals surface area contributed by atoms with E-state index in [1.54, 1.807) is 6.26 Å². The Morgan fingerprint density at radius 3 is 2.69 bits per heavy atom. The Kier molecular flexibility index (Phi) is 3.05. The van der Waals surface area contributed by atoms with Crippen molar-refractivity contribution in [3.05, 3.63) is 24.2 Å². The molecule has 2 heterocycles. The highest BCUT2D eigenvalue weighted by Crippen LogP contribution is 2.10. The van der Waals surface area contributed by atoms with Gasteiger partial charge in [0.05, 0.1) is 19.4 Å². The van der Waals surface area contributed by atoms with Crippen LogP contribution < -0.4 is 5.32 Å². The normalized spacial score (nSPS) is 19.6. The highest BCUT2D eigenvalue weighted by Gasteiger charge is 2.26. The minimum absolute atomic E-state index is 0.112. The molecule has 1 aliphatic heterocycles. The number of carbonyl (C=O) groups is 2. The summed E-state index contributed by atoms with van der Waals surface area (Å²) in [6, 6.07) is 3.83. The Bertz CT molecular complexity index is 370. The van der Waals surface area contributed by atoms with Crippen molar-refractivity contribution in [3.63, 3.8) is 0 Å². The Morgan fingerprint density at radius 1 is 1.44 bits per heavy atom. The van der Waals surface area contributed by atoms with Gasteiger partial charge in [0.25, 0.3) is 0 Å². The molecule has 86 valence electrons. The van der Waals surface area contributed by atoms with E-state index in [-0.39, 0.29) is 30.9 Å². The molecule has 0 bridgehead atoms. The summed E-state index contributed by atoms with van der Waals surface area (Å²) in [5.41, 5.74) is 0. The van der Waals surface area contributed by atoms with E-state index in [0.717, 1.165) is 5.76 Å². The second-order valence-corrected chi connectivity index (χ2v) is 4.01. The maximum atomic E-state index is 11.2. The molecular weight excluding hydrogens is 208 g/mol. The summed E-state index contributed by atoms with van der Waals surface area (Å²) >= 11 is 0. The largest absolute Gasteiger partial charge is 0.469 e. The fourth-order valence-electron chi connectivity index (χ4n) is 1.82. The van der Waals surface area contributed by atoms with E-state index < -0.39 is 0 Å². The van der Waals surface area contributed by atoms with Crippen LogP contribution in [0.4, 0.5) is 0 Å². The second-order valence-electron chi connectivity index (χ2n) is 4.01. The van der Waals surface area contributed by atoms with Gasteiger partial charge in [0.15, 0.2) is 0 Å². The molecule has 1 aromatic heterocycles. The van der Waals surface area contributed by atoms with Crippen molar-refractivity contribution in [3.8, 4) is 0 Å². The fourth-order valence-corrected chi connectivity index (χ4v) is 1.82. The molecule has 2 amide bonds. The van der Waals surface area contributed by atoms with Crippen LogP contribution in [0.1, 0.15) is 12.7 Å². The SMILES string of the molecule is CC(Cc1ccco1)N1CC(=O)NC(=O)C1. The number of nitrogens with zero attached hydrogens (tertiary/aromatic N) is 1. The number of hydrogen-bond donors (Lipinski definition) is 1. The monoisotopic (exact) mass is 222 g/mol. The summed E-state index contributed by atoms with van der Waals surface area (Å²) in [4.78, 5) is 24.2. The third-order valence-corrected chi connectivity index (χ3v) is 2.67. The number of furan rings is 1. The number of amides is 2. The number of rotatable bonds is 3. The predicted molar refractivity (Wildman–Crippen MR) is 56.6 cm³/mol. The van der Waals surface area contributed by atoms with Gasteiger partial charge in [0, 0.05) is 12.5 Å². The van der Waals surface area contributed by atoms with Gasteiger partial charge in [-0.2, -0.15) is 0 Å². The average Bonchev–Trinajstić information content (AvgIpc) is 2.68. The van der Waals surface area contributed by atoms with Crippen molar-refractivity contribution >= 4 is 11.8 Å². The number of carbonyl (C=O) groups excluding carboxylic acids is 2. The minimum atomic E-state index is -0.234. The summed E-state index contributed by atoms with van der Waals surface area (Å²) in [5, 5.41) is 2.28. The standard InChI is InChI=1S/C11H14N2O3/c1-8(5-9-3-2-4-16-9)13-6-10(14)12-11(15)7-13/h2-4,8H,5-7H2,1H3,(H,12,14,15). The minimum Gasteiger partial charge on any atom is -0.469 e. The summed E-state index contributed by atoms with van der Waals surface area (Å²) in [6.45, 7) is 2.52. The molecule has 1 saturated heterocycles. The van der Waals surface area contributed by atoms with Crippen LogP contribution in [0, 0.1) is 0 Å². The first-order valence-corrected chi connectivity index (χ1v) is 5.24. The summed E-state index contributed by atoms with van der Waals surface area (Å²) < 4.78 is 5.24. The lowest BCUT2D eigenvalue weighted by Crippen LogP contribution is -2.54. The highest BCUT2D eigenvalue weighted by atomic mass is 16.3. The van der Waals surface area contributed by atoms with Gasteiger partial charge < -0.3 is 4.42 Å². The molecule has 0 spiro atoms. The van der Waals surface area contributed by atoms with Crippen molar-refractivity contribution in [1.82, 2.24) is 10.2 Å². The molecule has 2 rings (SSSR count). The molecule has 0 radical (unpaired) electrons. The van der Waals surface area contributed by atoms with E-state index in [1.165, 1.54) is 0 Å². The maximum Gasteiger partial charge on any atom is 0.240 e. The fraction of sp³-hybridized carbons (Fsp3) is 0.455. The molecule has 0 aliphatic carbocycles. The zero-order valence-electron chi connectivity index (χ0n) is 9.10. The van der Waals surface area contributed by atoms with Crippen molar-refractivity contribution in [1.29, 1.82) is 0 Å². The van der Waals surface area contributed by atoms with Crippen molar-refractivity contribution < 1.29 is 14.0 Å². The molecule has 1 aromatic rings. The first-order valence-electron chi connectivity index (χ1n) is 5.24. The topological polar surface area (TPSA) is 62.6 Å². The van der Waals surface area contributed by atoms with Crippen LogP contribution in [0.3, 0.4) is 0 Å². The zero-order chi connectivity index (χ0) is 11.5. The van der Waals surface area contributed by atoms with Crippen LogP contribution in [0.2, 0.25) is 0 Å². The molecule has 0 aromatic carbocycles. The first-order chi connectivity index (χ1) is 7.65. The molecule has 1 fully saturated rings. The smallest absolute Gasteiger partial charge is 0.240 e. The number of imide groups is 1. The van der Waals surface area contributed by atoms with E-state index in [9.17, 15) is 9.59 Å². The highest BCUT2D eigenvalue weighted by molar-refractivity contribution is 5.99. The number of nitrogens with one attached hydrogen (secondary N) is 1. The van der Waals surface area contributed by atoms with Crippen molar-refractivity contribution in [2.45, 2.75) is 19.4 Å². The lowest BCUT2D eigenvalue weighted by Gasteiger charge is -2.30. The lowest BCUT2D eigenvalue weighted by molar-refractivity contribution is -0.136.